The van der Waals surface area contributed by atoms with Crippen molar-refractivity contribution in [2.75, 3.05) is 0 Å². The first-order chi connectivity index (χ1) is 10.9. The van der Waals surface area contributed by atoms with E-state index >= 15 is 0 Å². The first-order valence-electron chi connectivity index (χ1n) is 8.11. The summed E-state index contributed by atoms with van der Waals surface area (Å²) in [5.74, 6) is -2.24. The number of hydrogen-bond donors (Lipinski definition) is 2. The van der Waals surface area contributed by atoms with Crippen LogP contribution < -0.4 is 0 Å². The van der Waals surface area contributed by atoms with Gasteiger partial charge in [-0.25, -0.2) is 9.59 Å². The predicted molar refractivity (Wildman–Crippen MR) is 93.3 cm³/mol. The Morgan fingerprint density at radius 3 is 1.87 bits per heavy atom. The van der Waals surface area contributed by atoms with Crippen LogP contribution in [-0.2, 0) is 0 Å². The van der Waals surface area contributed by atoms with E-state index in [1.54, 1.807) is 6.92 Å². The number of aromatic carboxylic acids is 2. The maximum absolute atomic E-state index is 10.5. The van der Waals surface area contributed by atoms with Crippen molar-refractivity contribution in [2.24, 2.45) is 0 Å². The van der Waals surface area contributed by atoms with Gasteiger partial charge in [0.25, 0.3) is 0 Å². The number of hydrogen-bond acceptors (Lipinski definition) is 2. The molecule has 0 heterocycles. The number of aryl methyl sites for hydroxylation is 1. The van der Waals surface area contributed by atoms with E-state index in [0.29, 0.717) is 5.56 Å². The fourth-order valence-electron chi connectivity index (χ4n) is 2.10. The Morgan fingerprint density at radius 1 is 0.957 bits per heavy atom. The fraction of sp³-hybridized carbons (Fsp3) is 0.474. The zero-order chi connectivity index (χ0) is 17.7. The van der Waals surface area contributed by atoms with Crippen molar-refractivity contribution in [3.05, 3.63) is 47.5 Å². The van der Waals surface area contributed by atoms with Crippen molar-refractivity contribution in [2.45, 2.75) is 58.8 Å². The highest BCUT2D eigenvalue weighted by molar-refractivity contribution is 5.94. The number of carbonyl (C=O) groups is 2. The largest absolute Gasteiger partial charge is 0.478 e. The second-order valence-corrected chi connectivity index (χ2v) is 5.54. The molecule has 0 spiro atoms. The normalized spacial score (nSPS) is 9.65. The van der Waals surface area contributed by atoms with Crippen molar-refractivity contribution < 1.29 is 19.8 Å². The van der Waals surface area contributed by atoms with Gasteiger partial charge in [-0.3, -0.25) is 0 Å². The highest BCUT2D eigenvalue weighted by atomic mass is 16.4. The molecule has 0 bridgehead atoms. The Bertz CT molecular complexity index is 474. The van der Waals surface area contributed by atoms with Crippen molar-refractivity contribution in [3.63, 3.8) is 0 Å². The molecular weight excluding hydrogens is 292 g/mol. The van der Waals surface area contributed by atoms with Gasteiger partial charge in [0.2, 0.25) is 0 Å². The van der Waals surface area contributed by atoms with E-state index in [1.165, 1.54) is 57.1 Å². The predicted octanol–water partition coefficient (Wildman–Crippen LogP) is 5.31. The number of benzene rings is 1. The standard InChI is InChI=1S/C10H20.C9H8O4/c1-3-5-7-9-10-8-6-4-2;1-5-2-6(8(10)11)4-7(3-5)9(12)13/h3H,1,4-10H2,2H3;2-4H,1H3,(H,10,11)(H,12,13). The van der Waals surface area contributed by atoms with Crippen LogP contribution >= 0.6 is 0 Å². The van der Waals surface area contributed by atoms with Gasteiger partial charge < -0.3 is 10.2 Å². The maximum Gasteiger partial charge on any atom is 0.335 e. The molecule has 0 aliphatic heterocycles. The van der Waals surface area contributed by atoms with Crippen molar-refractivity contribution in [3.8, 4) is 0 Å². The van der Waals surface area contributed by atoms with E-state index in [0.717, 1.165) is 6.07 Å². The van der Waals surface area contributed by atoms with Crippen LogP contribution in [-0.4, -0.2) is 22.2 Å². The third-order valence-corrected chi connectivity index (χ3v) is 3.33. The summed E-state index contributed by atoms with van der Waals surface area (Å²) in [5.41, 5.74) is 0.618. The Balaban J connectivity index is 0.000000438. The average Bonchev–Trinajstić information content (AvgIpc) is 2.50. The average molecular weight is 320 g/mol. The molecule has 1 aromatic carbocycles. The highest BCUT2D eigenvalue weighted by Crippen LogP contribution is 2.09. The smallest absolute Gasteiger partial charge is 0.335 e. The van der Waals surface area contributed by atoms with Gasteiger partial charge in [0.1, 0.15) is 0 Å². The third kappa shape index (κ3) is 10.3. The van der Waals surface area contributed by atoms with E-state index in [9.17, 15) is 9.59 Å². The molecular formula is C19H28O4. The summed E-state index contributed by atoms with van der Waals surface area (Å²) in [7, 11) is 0. The second kappa shape index (κ2) is 12.4. The molecule has 0 atom stereocenters. The molecule has 0 unspecified atom stereocenters. The zero-order valence-corrected chi connectivity index (χ0v) is 14.2. The molecule has 0 aliphatic rings. The van der Waals surface area contributed by atoms with Crippen molar-refractivity contribution in [1.82, 2.24) is 0 Å². The van der Waals surface area contributed by atoms with Gasteiger partial charge in [0.15, 0.2) is 0 Å². The molecule has 0 amide bonds. The number of rotatable bonds is 9. The van der Waals surface area contributed by atoms with Gasteiger partial charge in [-0.15, -0.1) is 6.58 Å². The summed E-state index contributed by atoms with van der Waals surface area (Å²) in [6.07, 6.45) is 11.6. The summed E-state index contributed by atoms with van der Waals surface area (Å²) in [6, 6.07) is 3.99. The van der Waals surface area contributed by atoms with Crippen LogP contribution in [0.15, 0.2) is 30.9 Å². The minimum absolute atomic E-state index is 0.00241. The van der Waals surface area contributed by atoms with Gasteiger partial charge in [-0.1, -0.05) is 45.1 Å². The summed E-state index contributed by atoms with van der Waals surface area (Å²) in [6.45, 7) is 7.60. The topological polar surface area (TPSA) is 74.6 Å². The molecule has 0 fully saturated rings. The van der Waals surface area contributed by atoms with Crippen LogP contribution in [0.4, 0.5) is 0 Å². The molecule has 4 heteroatoms. The number of carboxylic acids is 2. The Kier molecular flexibility index (Phi) is 11.3. The van der Waals surface area contributed by atoms with Crippen LogP contribution in [0.1, 0.15) is 78.1 Å². The zero-order valence-electron chi connectivity index (χ0n) is 14.2. The first kappa shape index (κ1) is 20.9. The minimum Gasteiger partial charge on any atom is -0.478 e. The van der Waals surface area contributed by atoms with Crippen LogP contribution in [0.3, 0.4) is 0 Å². The molecule has 0 saturated heterocycles. The summed E-state index contributed by atoms with van der Waals surface area (Å²) < 4.78 is 0. The van der Waals surface area contributed by atoms with E-state index in [-0.39, 0.29) is 11.1 Å². The summed E-state index contributed by atoms with van der Waals surface area (Å²) in [5, 5.41) is 17.2. The Labute approximate surface area is 138 Å². The van der Waals surface area contributed by atoms with Gasteiger partial charge in [0, 0.05) is 0 Å². The minimum atomic E-state index is -1.12. The molecule has 23 heavy (non-hydrogen) atoms. The lowest BCUT2D eigenvalue weighted by atomic mass is 10.1. The first-order valence-corrected chi connectivity index (χ1v) is 8.11. The molecule has 2 N–H and O–H groups in total. The highest BCUT2D eigenvalue weighted by Gasteiger charge is 2.09. The summed E-state index contributed by atoms with van der Waals surface area (Å²) in [4.78, 5) is 21.1. The van der Waals surface area contributed by atoms with Gasteiger partial charge in [-0.05, 0) is 43.5 Å². The molecule has 1 rings (SSSR count). The number of unbranched alkanes of at least 4 members (excludes halogenated alkanes) is 6. The van der Waals surface area contributed by atoms with Gasteiger partial charge in [-0.2, -0.15) is 0 Å². The van der Waals surface area contributed by atoms with E-state index < -0.39 is 11.9 Å². The van der Waals surface area contributed by atoms with Gasteiger partial charge in [0.05, 0.1) is 11.1 Å². The molecule has 0 aromatic heterocycles. The maximum atomic E-state index is 10.5. The Hall–Kier alpha value is -2.10. The Morgan fingerprint density at radius 2 is 1.43 bits per heavy atom. The monoisotopic (exact) mass is 320 g/mol. The van der Waals surface area contributed by atoms with Crippen molar-refractivity contribution in [1.29, 1.82) is 0 Å². The molecule has 0 saturated carbocycles. The molecule has 1 aromatic rings. The lowest BCUT2D eigenvalue weighted by Crippen LogP contribution is -2.02. The molecule has 4 nitrogen and oxygen atoms in total. The van der Waals surface area contributed by atoms with Crippen LogP contribution in [0.2, 0.25) is 0 Å². The van der Waals surface area contributed by atoms with Crippen LogP contribution in [0, 0.1) is 6.92 Å². The third-order valence-electron chi connectivity index (χ3n) is 3.33. The second-order valence-electron chi connectivity index (χ2n) is 5.54. The summed E-state index contributed by atoms with van der Waals surface area (Å²) >= 11 is 0. The van der Waals surface area contributed by atoms with Gasteiger partial charge >= 0.3 is 11.9 Å². The molecule has 0 radical (unpaired) electrons. The lowest BCUT2D eigenvalue weighted by molar-refractivity contribution is 0.0696. The lowest BCUT2D eigenvalue weighted by Gasteiger charge is -1.99. The van der Waals surface area contributed by atoms with Crippen LogP contribution in [0.5, 0.6) is 0 Å². The molecule has 0 aliphatic carbocycles. The van der Waals surface area contributed by atoms with Crippen LogP contribution in [0.25, 0.3) is 0 Å². The fourth-order valence-corrected chi connectivity index (χ4v) is 2.10. The quantitative estimate of drug-likeness (QED) is 0.477. The van der Waals surface area contributed by atoms with E-state index in [1.807, 2.05) is 6.08 Å². The number of carboxylic acid groups (broad SMARTS) is 2. The van der Waals surface area contributed by atoms with E-state index in [2.05, 4.69) is 13.5 Å². The SMILES string of the molecule is C=CCCCCCCCC.Cc1cc(C(=O)O)cc(C(=O)O)c1. The van der Waals surface area contributed by atoms with Crippen molar-refractivity contribution >= 4 is 11.9 Å². The van der Waals surface area contributed by atoms with E-state index in [4.69, 9.17) is 10.2 Å². The molecule has 128 valence electrons. The number of allylic oxidation sites excluding steroid dienone is 1.